The molecule has 0 spiro atoms. The molecule has 1 aliphatic heterocycles. The lowest BCUT2D eigenvalue weighted by molar-refractivity contribution is -0.124. The summed E-state index contributed by atoms with van der Waals surface area (Å²) in [6, 6.07) is 17.4. The highest BCUT2D eigenvalue weighted by atomic mass is 16.5. The molecule has 2 aromatic rings. The summed E-state index contributed by atoms with van der Waals surface area (Å²) < 4.78 is 5.45. The fraction of sp³-hybridized carbons (Fsp3) is 0.462. The lowest BCUT2D eigenvalue weighted by atomic mass is 9.84. The van der Waals surface area contributed by atoms with Gasteiger partial charge in [-0.05, 0) is 55.5 Å². The zero-order valence-electron chi connectivity index (χ0n) is 18.8. The second-order valence-electron chi connectivity index (χ2n) is 8.31. The number of hydrogen-bond acceptors (Lipinski definition) is 3. The van der Waals surface area contributed by atoms with Crippen molar-refractivity contribution in [2.24, 2.45) is 5.92 Å². The Hall–Kier alpha value is -2.82. The number of ether oxygens (including phenoxy) is 1. The SMILES string of the molecule is CCOc1ccc(C(=O)N2CCC(NC(=O)C(c3ccccc3)C(C)CC)CC2)cc1. The van der Waals surface area contributed by atoms with Crippen molar-refractivity contribution in [2.45, 2.75) is 52.0 Å². The number of rotatable bonds is 8. The average Bonchev–Trinajstić information content (AvgIpc) is 2.80. The van der Waals surface area contributed by atoms with E-state index in [-0.39, 0.29) is 29.7 Å². The van der Waals surface area contributed by atoms with Crippen molar-refractivity contribution >= 4 is 11.8 Å². The predicted octanol–water partition coefficient (Wildman–Crippen LogP) is 4.64. The molecule has 2 atom stereocenters. The molecule has 5 heteroatoms. The average molecular weight is 423 g/mol. The monoisotopic (exact) mass is 422 g/mol. The number of piperidine rings is 1. The van der Waals surface area contributed by atoms with Gasteiger partial charge in [0.1, 0.15) is 5.75 Å². The molecule has 2 aromatic carbocycles. The fourth-order valence-electron chi connectivity index (χ4n) is 4.20. The Balaban J connectivity index is 1.56. The van der Waals surface area contributed by atoms with Crippen molar-refractivity contribution < 1.29 is 14.3 Å². The number of carbonyl (C=O) groups is 2. The lowest BCUT2D eigenvalue weighted by Crippen LogP contribution is -2.48. The number of carbonyl (C=O) groups excluding carboxylic acids is 2. The van der Waals surface area contributed by atoms with Gasteiger partial charge in [-0.2, -0.15) is 0 Å². The molecule has 1 heterocycles. The van der Waals surface area contributed by atoms with Gasteiger partial charge in [0, 0.05) is 24.7 Å². The molecular formula is C26H34N2O3. The van der Waals surface area contributed by atoms with Crippen LogP contribution in [0.4, 0.5) is 0 Å². The maximum absolute atomic E-state index is 13.1. The summed E-state index contributed by atoms with van der Waals surface area (Å²) in [7, 11) is 0. The van der Waals surface area contributed by atoms with Crippen LogP contribution < -0.4 is 10.1 Å². The third kappa shape index (κ3) is 5.87. The molecule has 2 unspecified atom stereocenters. The van der Waals surface area contributed by atoms with Gasteiger partial charge in [-0.25, -0.2) is 0 Å². The van der Waals surface area contributed by atoms with Gasteiger partial charge in [-0.3, -0.25) is 9.59 Å². The van der Waals surface area contributed by atoms with E-state index in [2.05, 4.69) is 19.2 Å². The number of hydrogen-bond donors (Lipinski definition) is 1. The van der Waals surface area contributed by atoms with Crippen LogP contribution in [0.2, 0.25) is 0 Å². The van der Waals surface area contributed by atoms with Crippen molar-refractivity contribution in [1.29, 1.82) is 0 Å². The molecule has 5 nitrogen and oxygen atoms in total. The largest absolute Gasteiger partial charge is 0.494 e. The number of benzene rings is 2. The first-order chi connectivity index (χ1) is 15.0. The first kappa shape index (κ1) is 22.9. The van der Waals surface area contributed by atoms with Crippen LogP contribution in [0.3, 0.4) is 0 Å². The summed E-state index contributed by atoms with van der Waals surface area (Å²) in [6.45, 7) is 8.10. The molecule has 1 fully saturated rings. The van der Waals surface area contributed by atoms with E-state index in [1.165, 1.54) is 0 Å². The Morgan fingerprint density at radius 1 is 1.03 bits per heavy atom. The van der Waals surface area contributed by atoms with Crippen LogP contribution in [0.1, 0.15) is 61.9 Å². The van der Waals surface area contributed by atoms with E-state index in [1.54, 1.807) is 0 Å². The van der Waals surface area contributed by atoms with Crippen LogP contribution in [0.5, 0.6) is 5.75 Å². The fourth-order valence-corrected chi connectivity index (χ4v) is 4.20. The zero-order chi connectivity index (χ0) is 22.2. The number of amides is 2. The van der Waals surface area contributed by atoms with Crippen LogP contribution in [0.15, 0.2) is 54.6 Å². The molecule has 0 aromatic heterocycles. The topological polar surface area (TPSA) is 58.6 Å². The van der Waals surface area contributed by atoms with Gasteiger partial charge in [0.05, 0.1) is 12.5 Å². The maximum atomic E-state index is 13.1. The summed E-state index contributed by atoms with van der Waals surface area (Å²) in [6.07, 6.45) is 2.50. The van der Waals surface area contributed by atoms with E-state index < -0.39 is 0 Å². The van der Waals surface area contributed by atoms with Gasteiger partial charge in [-0.1, -0.05) is 50.6 Å². The van der Waals surface area contributed by atoms with Crippen molar-refractivity contribution in [1.82, 2.24) is 10.2 Å². The number of likely N-dealkylation sites (tertiary alicyclic amines) is 1. The molecule has 31 heavy (non-hydrogen) atoms. The molecule has 0 bridgehead atoms. The molecule has 0 radical (unpaired) electrons. The molecular weight excluding hydrogens is 388 g/mol. The maximum Gasteiger partial charge on any atom is 0.253 e. The zero-order valence-corrected chi connectivity index (χ0v) is 18.8. The molecule has 0 saturated carbocycles. The summed E-state index contributed by atoms with van der Waals surface area (Å²) >= 11 is 0. The Labute approximate surface area is 185 Å². The molecule has 1 N–H and O–H groups in total. The summed E-state index contributed by atoms with van der Waals surface area (Å²) in [5, 5.41) is 3.26. The minimum absolute atomic E-state index is 0.0367. The van der Waals surface area contributed by atoms with E-state index in [0.29, 0.717) is 25.3 Å². The smallest absolute Gasteiger partial charge is 0.253 e. The lowest BCUT2D eigenvalue weighted by Gasteiger charge is -2.34. The van der Waals surface area contributed by atoms with Gasteiger partial charge in [0.2, 0.25) is 5.91 Å². The van der Waals surface area contributed by atoms with Crippen LogP contribution >= 0.6 is 0 Å². The molecule has 1 saturated heterocycles. The second-order valence-corrected chi connectivity index (χ2v) is 8.31. The van der Waals surface area contributed by atoms with Gasteiger partial charge in [-0.15, -0.1) is 0 Å². The van der Waals surface area contributed by atoms with E-state index in [0.717, 1.165) is 30.6 Å². The molecule has 2 amide bonds. The third-order valence-electron chi connectivity index (χ3n) is 6.19. The van der Waals surface area contributed by atoms with Crippen molar-refractivity contribution in [3.8, 4) is 5.75 Å². The minimum Gasteiger partial charge on any atom is -0.494 e. The van der Waals surface area contributed by atoms with Gasteiger partial charge >= 0.3 is 0 Å². The van der Waals surface area contributed by atoms with E-state index >= 15 is 0 Å². The highest BCUT2D eigenvalue weighted by Gasteiger charge is 2.30. The van der Waals surface area contributed by atoms with Crippen molar-refractivity contribution in [3.63, 3.8) is 0 Å². The highest BCUT2D eigenvalue weighted by Crippen LogP contribution is 2.28. The standard InChI is InChI=1S/C26H34N2O3/c1-4-19(3)24(20-9-7-6-8-10-20)25(29)27-22-15-17-28(18-16-22)26(30)21-11-13-23(14-12-21)31-5-2/h6-14,19,22,24H,4-5,15-18H2,1-3H3,(H,27,29). The molecule has 166 valence electrons. The van der Waals surface area contributed by atoms with Crippen molar-refractivity contribution in [2.75, 3.05) is 19.7 Å². The Morgan fingerprint density at radius 3 is 2.26 bits per heavy atom. The normalized spacial score (nSPS) is 16.4. The van der Waals surface area contributed by atoms with Gasteiger partial charge in [0.15, 0.2) is 0 Å². The van der Waals surface area contributed by atoms with E-state index in [1.807, 2.05) is 66.4 Å². The first-order valence-electron chi connectivity index (χ1n) is 11.4. The Morgan fingerprint density at radius 2 is 1.68 bits per heavy atom. The minimum atomic E-state index is -0.144. The molecule has 3 rings (SSSR count). The summed E-state index contributed by atoms with van der Waals surface area (Å²) in [5.74, 6) is 1.03. The van der Waals surface area contributed by atoms with Gasteiger partial charge < -0.3 is 15.0 Å². The number of nitrogens with one attached hydrogen (secondary N) is 1. The quantitative estimate of drug-likeness (QED) is 0.674. The van der Waals surface area contributed by atoms with E-state index in [4.69, 9.17) is 4.74 Å². The first-order valence-corrected chi connectivity index (χ1v) is 11.4. The second kappa shape index (κ2) is 11.0. The Bertz CT molecular complexity index is 843. The summed E-state index contributed by atoms with van der Waals surface area (Å²) in [4.78, 5) is 27.8. The highest BCUT2D eigenvalue weighted by molar-refractivity contribution is 5.94. The Kier molecular flexibility index (Phi) is 8.10. The predicted molar refractivity (Wildman–Crippen MR) is 123 cm³/mol. The molecule has 1 aliphatic rings. The van der Waals surface area contributed by atoms with Crippen LogP contribution in [-0.4, -0.2) is 42.5 Å². The van der Waals surface area contributed by atoms with Gasteiger partial charge in [0.25, 0.3) is 5.91 Å². The van der Waals surface area contributed by atoms with Crippen LogP contribution in [0.25, 0.3) is 0 Å². The van der Waals surface area contributed by atoms with Crippen molar-refractivity contribution in [3.05, 3.63) is 65.7 Å². The summed E-state index contributed by atoms with van der Waals surface area (Å²) in [5.41, 5.74) is 1.74. The molecule has 0 aliphatic carbocycles. The third-order valence-corrected chi connectivity index (χ3v) is 6.19. The van der Waals surface area contributed by atoms with Crippen LogP contribution in [0, 0.1) is 5.92 Å². The number of nitrogens with zero attached hydrogens (tertiary/aromatic N) is 1. The van der Waals surface area contributed by atoms with Crippen LogP contribution in [-0.2, 0) is 4.79 Å². The van der Waals surface area contributed by atoms with E-state index in [9.17, 15) is 9.59 Å².